The first kappa shape index (κ1) is 14.2. The van der Waals surface area contributed by atoms with Crippen molar-refractivity contribution in [1.29, 1.82) is 0 Å². The lowest BCUT2D eigenvalue weighted by Crippen LogP contribution is -2.26. The molecule has 0 aliphatic carbocycles. The summed E-state index contributed by atoms with van der Waals surface area (Å²) in [4.78, 5) is 17.2. The smallest absolute Gasteiger partial charge is 0.302 e. The molecular weight excluding hydrogens is 295 g/mol. The van der Waals surface area contributed by atoms with E-state index in [2.05, 4.69) is 4.98 Å². The fourth-order valence-corrected chi connectivity index (χ4v) is 3.35. The Bertz CT molecular complexity index is 600. The van der Waals surface area contributed by atoms with Gasteiger partial charge in [-0.3, -0.25) is 9.78 Å². The van der Waals surface area contributed by atoms with Gasteiger partial charge in [0.2, 0.25) is 5.91 Å². The molecule has 0 saturated carbocycles. The van der Waals surface area contributed by atoms with E-state index in [1.165, 1.54) is 11.1 Å². The summed E-state index contributed by atoms with van der Waals surface area (Å²) in [5.41, 5.74) is 1.23. The molecule has 1 aromatic rings. The summed E-state index contributed by atoms with van der Waals surface area (Å²) in [6.07, 6.45) is 2.98. The predicted octanol–water partition coefficient (Wildman–Crippen LogP) is 1.70. The third kappa shape index (κ3) is 3.22. The largest absolute Gasteiger partial charge is 0.310 e. The van der Waals surface area contributed by atoms with Crippen molar-refractivity contribution in [1.82, 2.24) is 4.98 Å². The molecule has 104 valence electrons. The minimum absolute atomic E-state index is 0.00123. The Balaban J connectivity index is 2.26. The van der Waals surface area contributed by atoms with Crippen LogP contribution in [0, 0.1) is 12.8 Å². The van der Waals surface area contributed by atoms with Gasteiger partial charge < -0.3 is 4.90 Å². The number of halogens is 2. The van der Waals surface area contributed by atoms with E-state index in [0.29, 0.717) is 16.3 Å². The lowest BCUT2D eigenvalue weighted by atomic mass is 10.1. The molecule has 8 heteroatoms. The van der Waals surface area contributed by atoms with Gasteiger partial charge in [-0.15, -0.1) is 3.89 Å². The summed E-state index contributed by atoms with van der Waals surface area (Å²) in [7, 11) is -4.58. The molecule has 0 N–H and O–H groups in total. The van der Waals surface area contributed by atoms with Crippen LogP contribution in [0.3, 0.4) is 0 Å². The Kier molecular flexibility index (Phi) is 3.78. The van der Waals surface area contributed by atoms with Gasteiger partial charge in [-0.05, 0) is 12.5 Å². The van der Waals surface area contributed by atoms with Crippen LogP contribution >= 0.6 is 11.6 Å². The van der Waals surface area contributed by atoms with E-state index in [0.717, 1.165) is 0 Å². The number of amides is 1. The van der Waals surface area contributed by atoms with E-state index in [-0.39, 0.29) is 18.9 Å². The Morgan fingerprint density at radius 2 is 2.21 bits per heavy atom. The molecule has 1 aliphatic rings. The van der Waals surface area contributed by atoms with Crippen LogP contribution in [0.15, 0.2) is 12.4 Å². The van der Waals surface area contributed by atoms with Gasteiger partial charge in [0, 0.05) is 31.3 Å². The summed E-state index contributed by atoms with van der Waals surface area (Å²) in [5, 5.41) is 0.317. The van der Waals surface area contributed by atoms with Gasteiger partial charge in [-0.2, -0.15) is 8.42 Å². The van der Waals surface area contributed by atoms with Crippen LogP contribution in [-0.4, -0.2) is 31.6 Å². The minimum Gasteiger partial charge on any atom is -0.310 e. The number of hydrogen-bond acceptors (Lipinski definition) is 4. The maximum Gasteiger partial charge on any atom is 0.302 e. The normalized spacial score (nSPS) is 20.1. The second-order valence-electron chi connectivity index (χ2n) is 4.57. The number of nitrogens with zero attached hydrogens (tertiary/aromatic N) is 2. The summed E-state index contributed by atoms with van der Waals surface area (Å²) in [6, 6.07) is 0. The molecular formula is C11H12ClFN2O3S. The van der Waals surface area contributed by atoms with Gasteiger partial charge in [0.15, 0.2) is 0 Å². The highest BCUT2D eigenvalue weighted by Crippen LogP contribution is 2.33. The molecule has 2 heterocycles. The van der Waals surface area contributed by atoms with Crippen LogP contribution in [0.4, 0.5) is 9.57 Å². The molecule has 5 nitrogen and oxygen atoms in total. The standard InChI is InChI=1S/C11H12ClFN2O3S/c1-7-3-14-4-9(12)11(7)15-5-8(2-10(15)16)6-19(13,17)18/h3-4,8H,2,5-6H2,1H3. The molecule has 1 aromatic heterocycles. The molecule has 0 spiro atoms. The highest BCUT2D eigenvalue weighted by atomic mass is 35.5. The zero-order valence-electron chi connectivity index (χ0n) is 10.1. The van der Waals surface area contributed by atoms with E-state index in [9.17, 15) is 17.1 Å². The van der Waals surface area contributed by atoms with Gasteiger partial charge >= 0.3 is 10.2 Å². The molecule has 1 unspecified atom stereocenters. The third-order valence-electron chi connectivity index (χ3n) is 2.97. The Hall–Kier alpha value is -1.21. The number of pyridine rings is 1. The van der Waals surface area contributed by atoms with Crippen LogP contribution in [0.2, 0.25) is 5.02 Å². The summed E-state index contributed by atoms with van der Waals surface area (Å²) in [6.45, 7) is 1.90. The van der Waals surface area contributed by atoms with Crippen LogP contribution in [0.1, 0.15) is 12.0 Å². The van der Waals surface area contributed by atoms with Gasteiger partial charge in [0.05, 0.1) is 16.5 Å². The predicted molar refractivity (Wildman–Crippen MR) is 69.3 cm³/mol. The summed E-state index contributed by atoms with van der Waals surface area (Å²) >= 11 is 6.01. The van der Waals surface area contributed by atoms with Crippen LogP contribution in [0.25, 0.3) is 0 Å². The number of hydrogen-bond donors (Lipinski definition) is 0. The number of aryl methyl sites for hydroxylation is 1. The summed E-state index contributed by atoms with van der Waals surface area (Å²) < 4.78 is 33.9. The molecule has 1 atom stereocenters. The van der Waals surface area contributed by atoms with Crippen molar-refractivity contribution in [2.75, 3.05) is 17.2 Å². The van der Waals surface area contributed by atoms with Gasteiger partial charge in [-0.25, -0.2) is 0 Å². The second-order valence-corrected chi connectivity index (χ2v) is 6.39. The van der Waals surface area contributed by atoms with Crippen LogP contribution in [-0.2, 0) is 15.0 Å². The lowest BCUT2D eigenvalue weighted by molar-refractivity contribution is -0.117. The minimum atomic E-state index is -4.58. The average molecular weight is 307 g/mol. The fourth-order valence-electron chi connectivity index (χ4n) is 2.26. The van der Waals surface area contributed by atoms with Crippen molar-refractivity contribution in [2.45, 2.75) is 13.3 Å². The number of carbonyl (C=O) groups is 1. The van der Waals surface area contributed by atoms with Crippen molar-refractivity contribution < 1.29 is 17.1 Å². The highest BCUT2D eigenvalue weighted by molar-refractivity contribution is 7.86. The Labute approximate surface area is 115 Å². The van der Waals surface area contributed by atoms with Gasteiger partial charge in [0.25, 0.3) is 0 Å². The Morgan fingerprint density at radius 3 is 2.79 bits per heavy atom. The monoisotopic (exact) mass is 306 g/mol. The SMILES string of the molecule is Cc1cncc(Cl)c1N1CC(CS(=O)(=O)F)CC1=O. The topological polar surface area (TPSA) is 67.3 Å². The maximum atomic E-state index is 12.7. The first-order valence-corrected chi connectivity index (χ1v) is 7.54. The van der Waals surface area contributed by atoms with E-state index in [1.807, 2.05) is 0 Å². The third-order valence-corrected chi connectivity index (χ3v) is 4.11. The summed E-state index contributed by atoms with van der Waals surface area (Å²) in [5.74, 6) is -1.45. The molecule has 1 saturated heterocycles. The van der Waals surface area contributed by atoms with E-state index in [4.69, 9.17) is 11.6 Å². The molecule has 2 rings (SSSR count). The molecule has 19 heavy (non-hydrogen) atoms. The van der Waals surface area contributed by atoms with Crippen LogP contribution in [0.5, 0.6) is 0 Å². The molecule has 1 amide bonds. The van der Waals surface area contributed by atoms with Crippen molar-refractivity contribution in [2.24, 2.45) is 5.92 Å². The average Bonchev–Trinajstić information content (AvgIpc) is 2.56. The van der Waals surface area contributed by atoms with Crippen molar-refractivity contribution in [3.8, 4) is 0 Å². The van der Waals surface area contributed by atoms with E-state index in [1.54, 1.807) is 13.1 Å². The zero-order chi connectivity index (χ0) is 14.2. The van der Waals surface area contributed by atoms with Crippen LogP contribution < -0.4 is 4.90 Å². The van der Waals surface area contributed by atoms with Crippen molar-refractivity contribution >= 4 is 33.4 Å². The molecule has 0 bridgehead atoms. The molecule has 1 aliphatic heterocycles. The van der Waals surface area contributed by atoms with Crippen molar-refractivity contribution in [3.05, 3.63) is 23.0 Å². The molecule has 0 radical (unpaired) electrons. The first-order valence-electron chi connectivity index (χ1n) is 5.60. The quantitative estimate of drug-likeness (QED) is 0.797. The van der Waals surface area contributed by atoms with Crippen molar-refractivity contribution in [3.63, 3.8) is 0 Å². The van der Waals surface area contributed by atoms with E-state index >= 15 is 0 Å². The number of aromatic nitrogens is 1. The second kappa shape index (κ2) is 5.05. The van der Waals surface area contributed by atoms with Gasteiger partial charge in [0.1, 0.15) is 0 Å². The fraction of sp³-hybridized carbons (Fsp3) is 0.455. The highest BCUT2D eigenvalue weighted by Gasteiger charge is 2.35. The lowest BCUT2D eigenvalue weighted by Gasteiger charge is -2.19. The number of rotatable bonds is 3. The molecule has 1 fully saturated rings. The van der Waals surface area contributed by atoms with Gasteiger partial charge in [-0.1, -0.05) is 11.6 Å². The molecule has 0 aromatic carbocycles. The zero-order valence-corrected chi connectivity index (χ0v) is 11.7. The number of carbonyl (C=O) groups excluding carboxylic acids is 1. The maximum absolute atomic E-state index is 12.7. The first-order chi connectivity index (χ1) is 8.78. The number of anilines is 1. The Morgan fingerprint density at radius 1 is 1.53 bits per heavy atom. The van der Waals surface area contributed by atoms with E-state index < -0.39 is 21.9 Å².